The van der Waals surface area contributed by atoms with Crippen molar-refractivity contribution < 1.29 is 18.0 Å². The Labute approximate surface area is 193 Å². The molecule has 2 aromatic rings. The third-order valence-corrected chi connectivity index (χ3v) is 6.03. The molecule has 2 aromatic heterocycles. The highest BCUT2D eigenvalue weighted by Gasteiger charge is 2.37. The van der Waals surface area contributed by atoms with Crippen LogP contribution in [0, 0.1) is 0 Å². The minimum atomic E-state index is -4.57. The van der Waals surface area contributed by atoms with Crippen molar-refractivity contribution in [1.29, 1.82) is 0 Å². The van der Waals surface area contributed by atoms with Crippen LogP contribution in [0.15, 0.2) is 12.1 Å². The number of aromatic nitrogens is 3. The molecule has 0 radical (unpaired) electrons. The van der Waals surface area contributed by atoms with Gasteiger partial charge in [0.15, 0.2) is 11.3 Å². The highest BCUT2D eigenvalue weighted by atomic mass is 19.4. The molecule has 33 heavy (non-hydrogen) atoms. The van der Waals surface area contributed by atoms with Gasteiger partial charge in [0.05, 0.1) is 0 Å². The van der Waals surface area contributed by atoms with E-state index in [9.17, 15) is 18.0 Å². The van der Waals surface area contributed by atoms with Crippen molar-refractivity contribution in [3.8, 4) is 0 Å². The summed E-state index contributed by atoms with van der Waals surface area (Å²) < 4.78 is 41.6. The number of rotatable bonds is 13. The number of halogens is 3. The van der Waals surface area contributed by atoms with E-state index in [-0.39, 0.29) is 23.3 Å². The number of hydrogen-bond donors (Lipinski definition) is 1. The van der Waals surface area contributed by atoms with Gasteiger partial charge in [-0.25, -0.2) is 9.50 Å². The number of carbonyl (C=O) groups excluding carboxylic acids is 1. The molecule has 0 spiro atoms. The van der Waals surface area contributed by atoms with E-state index in [2.05, 4.69) is 34.1 Å². The molecule has 1 saturated carbocycles. The summed E-state index contributed by atoms with van der Waals surface area (Å²) in [5, 5.41) is 6.87. The molecular formula is C24H36F3N5O. The first-order valence-electron chi connectivity index (χ1n) is 12.2. The van der Waals surface area contributed by atoms with Gasteiger partial charge in [0.2, 0.25) is 0 Å². The highest BCUT2D eigenvalue weighted by Crippen LogP contribution is 2.41. The summed E-state index contributed by atoms with van der Waals surface area (Å²) in [4.78, 5) is 19.5. The number of nitrogens with one attached hydrogen (secondary N) is 1. The van der Waals surface area contributed by atoms with Gasteiger partial charge in [-0.15, -0.1) is 0 Å². The minimum absolute atomic E-state index is 0.0451. The molecule has 1 aliphatic rings. The Morgan fingerprint density at radius 3 is 2.33 bits per heavy atom. The molecule has 3 rings (SSSR count). The lowest BCUT2D eigenvalue weighted by atomic mass is 10.2. The molecule has 184 valence electrons. The quantitative estimate of drug-likeness (QED) is 0.399. The van der Waals surface area contributed by atoms with Gasteiger partial charge < -0.3 is 10.2 Å². The van der Waals surface area contributed by atoms with Crippen molar-refractivity contribution in [3.05, 3.63) is 29.2 Å². The lowest BCUT2D eigenvalue weighted by Gasteiger charge is -2.26. The van der Waals surface area contributed by atoms with E-state index in [1.165, 1.54) is 18.9 Å². The first kappa shape index (κ1) is 25.5. The highest BCUT2D eigenvalue weighted by molar-refractivity contribution is 5.93. The maximum absolute atomic E-state index is 13.6. The number of fused-ring (bicyclic) bond motifs is 1. The van der Waals surface area contributed by atoms with E-state index in [1.54, 1.807) is 0 Å². The Kier molecular flexibility index (Phi) is 8.73. The van der Waals surface area contributed by atoms with Crippen LogP contribution in [0.2, 0.25) is 0 Å². The maximum atomic E-state index is 13.6. The van der Waals surface area contributed by atoms with E-state index in [0.29, 0.717) is 12.2 Å². The summed E-state index contributed by atoms with van der Waals surface area (Å²) in [6.45, 7) is 8.93. The van der Waals surface area contributed by atoms with Crippen molar-refractivity contribution in [3.63, 3.8) is 0 Å². The summed E-state index contributed by atoms with van der Waals surface area (Å²) in [6.07, 6.45) is 3.98. The number of unbranched alkanes of at least 4 members (excludes halogenated alkanes) is 4. The van der Waals surface area contributed by atoms with Crippen LogP contribution in [0.25, 0.3) is 5.65 Å². The lowest BCUT2D eigenvalue weighted by Crippen LogP contribution is -2.42. The average Bonchev–Trinajstić information content (AvgIpc) is 3.50. The zero-order chi connectivity index (χ0) is 24.0. The SMILES string of the molecule is CCCCCN(CCCCC)CC(C)NC(=O)c1cc2nc(C3CC3)cc(C(F)(F)F)n2n1. The normalized spacial score (nSPS) is 15.4. The number of carbonyl (C=O) groups is 1. The van der Waals surface area contributed by atoms with Gasteiger partial charge >= 0.3 is 6.18 Å². The van der Waals surface area contributed by atoms with Crippen molar-refractivity contribution in [2.24, 2.45) is 0 Å². The van der Waals surface area contributed by atoms with Crippen LogP contribution in [0.5, 0.6) is 0 Å². The van der Waals surface area contributed by atoms with E-state index >= 15 is 0 Å². The number of amides is 1. The largest absolute Gasteiger partial charge is 0.433 e. The molecular weight excluding hydrogens is 431 g/mol. The van der Waals surface area contributed by atoms with Crippen LogP contribution < -0.4 is 5.32 Å². The Morgan fingerprint density at radius 1 is 1.15 bits per heavy atom. The first-order chi connectivity index (χ1) is 15.7. The summed E-state index contributed by atoms with van der Waals surface area (Å²) in [5.74, 6) is -0.411. The van der Waals surface area contributed by atoms with Crippen molar-refractivity contribution in [2.45, 2.75) is 90.3 Å². The fourth-order valence-electron chi connectivity index (χ4n) is 4.09. The van der Waals surface area contributed by atoms with Gasteiger partial charge in [-0.1, -0.05) is 39.5 Å². The van der Waals surface area contributed by atoms with E-state index in [1.807, 2.05) is 6.92 Å². The molecule has 1 aliphatic carbocycles. The van der Waals surface area contributed by atoms with E-state index in [0.717, 1.165) is 62.2 Å². The Morgan fingerprint density at radius 2 is 1.79 bits per heavy atom. The molecule has 0 bridgehead atoms. The zero-order valence-electron chi connectivity index (χ0n) is 19.9. The second kappa shape index (κ2) is 11.3. The fourth-order valence-corrected chi connectivity index (χ4v) is 4.09. The molecule has 1 unspecified atom stereocenters. The number of nitrogens with zero attached hydrogens (tertiary/aromatic N) is 4. The van der Waals surface area contributed by atoms with Crippen molar-refractivity contribution in [1.82, 2.24) is 24.8 Å². The summed E-state index contributed by atoms with van der Waals surface area (Å²) >= 11 is 0. The lowest BCUT2D eigenvalue weighted by molar-refractivity contribution is -0.142. The molecule has 2 heterocycles. The molecule has 9 heteroatoms. The average molecular weight is 468 g/mol. The molecule has 0 aromatic carbocycles. The third-order valence-electron chi connectivity index (χ3n) is 6.03. The van der Waals surface area contributed by atoms with Gasteiger partial charge in [0.25, 0.3) is 5.91 Å². The first-order valence-corrected chi connectivity index (χ1v) is 12.2. The standard InChI is InChI=1S/C24H36F3N5O/c1-4-6-8-12-31(13-9-7-5-2)16-17(3)28-23(33)20-15-22-29-19(18-10-11-18)14-21(24(25,26)27)32(22)30-20/h14-15,17-18H,4-13,16H2,1-3H3,(H,28,33). The molecule has 1 amide bonds. The second-order valence-electron chi connectivity index (χ2n) is 9.23. The Balaban J connectivity index is 1.69. The number of alkyl halides is 3. The van der Waals surface area contributed by atoms with Crippen molar-refractivity contribution >= 4 is 11.6 Å². The fraction of sp³-hybridized carbons (Fsp3) is 0.708. The summed E-state index contributed by atoms with van der Waals surface area (Å²) in [5.41, 5.74) is -0.453. The predicted molar refractivity (Wildman–Crippen MR) is 122 cm³/mol. The van der Waals surface area contributed by atoms with Crippen LogP contribution in [0.1, 0.15) is 99.9 Å². The van der Waals surface area contributed by atoms with Crippen LogP contribution in [0.3, 0.4) is 0 Å². The Bertz CT molecular complexity index is 913. The maximum Gasteiger partial charge on any atom is 0.433 e. The third kappa shape index (κ3) is 7.16. The van der Waals surface area contributed by atoms with Crippen LogP contribution >= 0.6 is 0 Å². The molecule has 0 saturated heterocycles. The monoisotopic (exact) mass is 467 g/mol. The van der Waals surface area contributed by atoms with Gasteiger partial charge in [0.1, 0.15) is 5.69 Å². The Hall–Kier alpha value is -2.16. The van der Waals surface area contributed by atoms with Crippen molar-refractivity contribution in [2.75, 3.05) is 19.6 Å². The topological polar surface area (TPSA) is 62.5 Å². The molecule has 6 nitrogen and oxygen atoms in total. The van der Waals surface area contributed by atoms with Crippen LogP contribution in [0.4, 0.5) is 13.2 Å². The van der Waals surface area contributed by atoms with Crippen LogP contribution in [-0.4, -0.2) is 51.1 Å². The smallest absolute Gasteiger partial charge is 0.347 e. The summed E-state index contributed by atoms with van der Waals surface area (Å²) in [6, 6.07) is 2.26. The van der Waals surface area contributed by atoms with Gasteiger partial charge in [-0.3, -0.25) is 4.79 Å². The molecule has 1 N–H and O–H groups in total. The zero-order valence-corrected chi connectivity index (χ0v) is 19.9. The molecule has 1 fully saturated rings. The van der Waals surface area contributed by atoms with Crippen LogP contribution in [-0.2, 0) is 6.18 Å². The van der Waals surface area contributed by atoms with Gasteiger partial charge in [-0.2, -0.15) is 18.3 Å². The minimum Gasteiger partial charge on any atom is -0.347 e. The molecule has 1 atom stereocenters. The summed E-state index contributed by atoms with van der Waals surface area (Å²) in [7, 11) is 0. The van der Waals surface area contributed by atoms with E-state index < -0.39 is 17.8 Å². The molecule has 0 aliphatic heterocycles. The van der Waals surface area contributed by atoms with E-state index in [4.69, 9.17) is 0 Å². The second-order valence-corrected chi connectivity index (χ2v) is 9.23. The van der Waals surface area contributed by atoms with Gasteiger partial charge in [0, 0.05) is 30.3 Å². The number of hydrogen-bond acceptors (Lipinski definition) is 4. The predicted octanol–water partition coefficient (Wildman–Crippen LogP) is 5.43. The van der Waals surface area contributed by atoms with Gasteiger partial charge in [-0.05, 0) is 51.8 Å².